The van der Waals surface area contributed by atoms with Crippen LogP contribution in [-0.2, 0) is 9.53 Å². The number of nitriles is 1. The van der Waals surface area contributed by atoms with Crippen molar-refractivity contribution in [2.24, 2.45) is 4.99 Å². The first-order valence-corrected chi connectivity index (χ1v) is 13.2. The summed E-state index contributed by atoms with van der Waals surface area (Å²) >= 11 is 2.75. The van der Waals surface area contributed by atoms with E-state index in [-0.39, 0.29) is 18.8 Å². The predicted molar refractivity (Wildman–Crippen MR) is 143 cm³/mol. The molecular formula is C28H21N3O4S2. The van der Waals surface area contributed by atoms with Gasteiger partial charge in [-0.2, -0.15) is 5.26 Å². The predicted octanol–water partition coefficient (Wildman–Crippen LogP) is 3.90. The van der Waals surface area contributed by atoms with Crippen molar-refractivity contribution in [3.05, 3.63) is 113 Å². The number of esters is 1. The average molecular weight is 528 g/mol. The smallest absolute Gasteiger partial charge is 0.338 e. The highest BCUT2D eigenvalue weighted by Gasteiger charge is 2.35. The molecule has 7 nitrogen and oxygen atoms in total. The zero-order chi connectivity index (χ0) is 25.8. The maximum Gasteiger partial charge on any atom is 0.338 e. The van der Waals surface area contributed by atoms with Crippen LogP contribution in [0.5, 0.6) is 5.75 Å². The molecule has 4 aromatic rings. The minimum absolute atomic E-state index is 0.0345. The first-order chi connectivity index (χ1) is 18.1. The lowest BCUT2D eigenvalue weighted by Gasteiger charge is -2.24. The molecule has 0 fully saturated rings. The van der Waals surface area contributed by atoms with Crippen LogP contribution in [-0.4, -0.2) is 23.8 Å². The maximum atomic E-state index is 13.8. The number of hydrogen-bond acceptors (Lipinski definition) is 8. The Morgan fingerprint density at radius 2 is 1.92 bits per heavy atom. The van der Waals surface area contributed by atoms with E-state index in [1.165, 1.54) is 22.7 Å². The Hall–Kier alpha value is -4.26. The number of carbonyl (C=O) groups is 1. The monoisotopic (exact) mass is 527 g/mol. The van der Waals surface area contributed by atoms with E-state index in [9.17, 15) is 9.59 Å². The van der Waals surface area contributed by atoms with Crippen LogP contribution in [0.4, 0.5) is 0 Å². The van der Waals surface area contributed by atoms with Crippen molar-refractivity contribution in [1.82, 2.24) is 4.57 Å². The third-order valence-electron chi connectivity index (χ3n) is 5.67. The van der Waals surface area contributed by atoms with Crippen LogP contribution in [0.15, 0.2) is 87.5 Å². The molecule has 0 saturated heterocycles. The summed E-state index contributed by atoms with van der Waals surface area (Å²) in [5, 5.41) is 10.6. The molecule has 184 valence electrons. The highest BCUT2D eigenvalue weighted by Crippen LogP contribution is 2.36. The third-order valence-corrected chi connectivity index (χ3v) is 7.58. The third kappa shape index (κ3) is 4.89. The Morgan fingerprint density at radius 1 is 1.14 bits per heavy atom. The van der Waals surface area contributed by atoms with Crippen molar-refractivity contribution < 1.29 is 14.3 Å². The summed E-state index contributed by atoms with van der Waals surface area (Å²) in [7, 11) is 0. The zero-order valence-electron chi connectivity index (χ0n) is 19.8. The number of ether oxygens (including phenoxy) is 2. The van der Waals surface area contributed by atoms with Crippen molar-refractivity contribution in [2.75, 3.05) is 13.2 Å². The fourth-order valence-corrected chi connectivity index (χ4v) is 5.91. The summed E-state index contributed by atoms with van der Waals surface area (Å²) < 4.78 is 12.8. The first kappa shape index (κ1) is 24.4. The molecule has 0 spiro atoms. The van der Waals surface area contributed by atoms with E-state index in [1.807, 2.05) is 66.0 Å². The molecule has 0 unspecified atom stereocenters. The molecule has 0 saturated carbocycles. The van der Waals surface area contributed by atoms with Crippen LogP contribution in [0.1, 0.15) is 29.0 Å². The Balaban J connectivity index is 1.71. The molecule has 3 heterocycles. The van der Waals surface area contributed by atoms with Gasteiger partial charge in [0.2, 0.25) is 0 Å². The van der Waals surface area contributed by atoms with Gasteiger partial charge in [0.1, 0.15) is 17.9 Å². The van der Waals surface area contributed by atoms with Gasteiger partial charge in [-0.1, -0.05) is 59.9 Å². The molecule has 5 rings (SSSR count). The van der Waals surface area contributed by atoms with Crippen LogP contribution < -0.4 is 19.6 Å². The van der Waals surface area contributed by atoms with Crippen molar-refractivity contribution in [3.8, 4) is 11.8 Å². The lowest BCUT2D eigenvalue weighted by atomic mass is 9.97. The van der Waals surface area contributed by atoms with Gasteiger partial charge in [-0.25, -0.2) is 9.79 Å². The lowest BCUT2D eigenvalue weighted by Crippen LogP contribution is -2.39. The van der Waals surface area contributed by atoms with E-state index >= 15 is 0 Å². The second-order valence-corrected chi connectivity index (χ2v) is 9.95. The molecule has 0 amide bonds. The van der Waals surface area contributed by atoms with Crippen LogP contribution >= 0.6 is 22.7 Å². The summed E-state index contributed by atoms with van der Waals surface area (Å²) in [5.41, 5.74) is 2.19. The molecule has 37 heavy (non-hydrogen) atoms. The largest absolute Gasteiger partial charge is 0.479 e. The van der Waals surface area contributed by atoms with Crippen LogP contribution in [0.3, 0.4) is 0 Å². The lowest BCUT2D eigenvalue weighted by molar-refractivity contribution is -0.138. The molecule has 2 aromatic carbocycles. The van der Waals surface area contributed by atoms with Crippen LogP contribution in [0, 0.1) is 11.3 Å². The van der Waals surface area contributed by atoms with Crippen LogP contribution in [0.2, 0.25) is 0 Å². The van der Waals surface area contributed by atoms with Gasteiger partial charge in [-0.15, -0.1) is 11.3 Å². The van der Waals surface area contributed by atoms with Gasteiger partial charge in [-0.3, -0.25) is 9.36 Å². The molecule has 9 heteroatoms. The van der Waals surface area contributed by atoms with E-state index in [2.05, 4.69) is 0 Å². The number of thiophene rings is 1. The molecule has 2 aromatic heterocycles. The number of fused-ring (bicyclic) bond motifs is 1. The van der Waals surface area contributed by atoms with Crippen molar-refractivity contribution >= 4 is 40.4 Å². The van der Waals surface area contributed by atoms with Crippen LogP contribution in [0.25, 0.3) is 11.8 Å². The Morgan fingerprint density at radius 3 is 2.59 bits per heavy atom. The van der Waals surface area contributed by atoms with Gasteiger partial charge in [0.25, 0.3) is 5.56 Å². The Kier molecular flexibility index (Phi) is 7.12. The number of hydrogen-bond donors (Lipinski definition) is 0. The standard InChI is InChI=1S/C28H21N3O4S2/c1-2-34-27(33)23-24(19-7-4-3-5-8-19)30-28-31(25(23)21-9-6-16-36-21)26(32)22(37-28)17-18-10-12-20(13-11-18)35-15-14-29/h3-13,16-17,25H,2,15H2,1H3/b22-17-/t25-/m1/s1. The summed E-state index contributed by atoms with van der Waals surface area (Å²) in [6.07, 6.45) is 1.79. The molecule has 0 radical (unpaired) electrons. The van der Waals surface area contributed by atoms with E-state index in [4.69, 9.17) is 19.7 Å². The van der Waals surface area contributed by atoms with E-state index in [1.54, 1.807) is 29.7 Å². The number of nitrogens with zero attached hydrogens (tertiary/aromatic N) is 3. The number of rotatable bonds is 7. The highest BCUT2D eigenvalue weighted by atomic mass is 32.1. The van der Waals surface area contributed by atoms with Gasteiger partial charge in [0.05, 0.1) is 22.4 Å². The number of carbonyl (C=O) groups excluding carboxylic acids is 1. The molecule has 1 atom stereocenters. The van der Waals surface area contributed by atoms with Gasteiger partial charge >= 0.3 is 5.97 Å². The number of aromatic nitrogens is 1. The Labute approximate surface area is 220 Å². The normalized spacial score (nSPS) is 15.0. The summed E-state index contributed by atoms with van der Waals surface area (Å²) in [5.74, 6) is 0.0789. The van der Waals surface area contributed by atoms with Gasteiger partial charge in [0.15, 0.2) is 11.4 Å². The SMILES string of the molecule is CCOC(=O)C1=C(c2ccccc2)N=c2s/c(=C\c3ccc(OCC#N)cc3)c(=O)n2[C@@H]1c1cccs1. The second-order valence-electron chi connectivity index (χ2n) is 7.96. The minimum atomic E-state index is -0.658. The van der Waals surface area contributed by atoms with Crippen molar-refractivity contribution in [3.63, 3.8) is 0 Å². The molecule has 0 N–H and O–H groups in total. The van der Waals surface area contributed by atoms with Gasteiger partial charge in [0, 0.05) is 10.4 Å². The number of benzene rings is 2. The van der Waals surface area contributed by atoms with Gasteiger partial charge in [-0.05, 0) is 42.1 Å². The summed E-state index contributed by atoms with van der Waals surface area (Å²) in [6, 6.07) is 21.7. The molecule has 1 aliphatic rings. The van der Waals surface area contributed by atoms with Gasteiger partial charge < -0.3 is 9.47 Å². The molecule has 1 aliphatic heterocycles. The quantitative estimate of drug-likeness (QED) is 0.340. The van der Waals surface area contributed by atoms with Crippen molar-refractivity contribution in [1.29, 1.82) is 5.26 Å². The number of thiazole rings is 1. The maximum absolute atomic E-state index is 13.8. The van der Waals surface area contributed by atoms with E-state index < -0.39 is 12.0 Å². The van der Waals surface area contributed by atoms with E-state index in [0.29, 0.717) is 26.4 Å². The fourth-order valence-electron chi connectivity index (χ4n) is 4.08. The summed E-state index contributed by atoms with van der Waals surface area (Å²) in [6.45, 7) is 1.93. The zero-order valence-corrected chi connectivity index (χ0v) is 21.4. The topological polar surface area (TPSA) is 93.7 Å². The summed E-state index contributed by atoms with van der Waals surface area (Å²) in [4.78, 5) is 33.3. The molecule has 0 bridgehead atoms. The average Bonchev–Trinajstić information content (AvgIpc) is 3.56. The minimum Gasteiger partial charge on any atom is -0.479 e. The van der Waals surface area contributed by atoms with E-state index in [0.717, 1.165) is 16.0 Å². The first-order valence-electron chi connectivity index (χ1n) is 11.5. The molecule has 0 aliphatic carbocycles. The van der Waals surface area contributed by atoms with Crippen molar-refractivity contribution in [2.45, 2.75) is 13.0 Å². The molecular weight excluding hydrogens is 506 g/mol. The fraction of sp³-hybridized carbons (Fsp3) is 0.143. The second kappa shape index (κ2) is 10.8. The highest BCUT2D eigenvalue weighted by molar-refractivity contribution is 7.10. The Bertz CT molecular complexity index is 1680.